The highest BCUT2D eigenvalue weighted by atomic mass is 16.5. The summed E-state index contributed by atoms with van der Waals surface area (Å²) in [5.74, 6) is 0.141. The lowest BCUT2D eigenvalue weighted by Crippen LogP contribution is -2.38. The van der Waals surface area contributed by atoms with E-state index in [0.717, 1.165) is 29.6 Å². The van der Waals surface area contributed by atoms with Gasteiger partial charge in [0.2, 0.25) is 0 Å². The minimum Gasteiger partial charge on any atom is -0.507 e. The maximum absolute atomic E-state index is 13.5. The smallest absolute Gasteiger partial charge is 0.295 e. The minimum atomic E-state index is -0.845. The second kappa shape index (κ2) is 11.6. The van der Waals surface area contributed by atoms with E-state index in [0.29, 0.717) is 35.7 Å². The zero-order chi connectivity index (χ0) is 27.4. The molecule has 4 rings (SSSR count). The van der Waals surface area contributed by atoms with Crippen molar-refractivity contribution >= 4 is 28.2 Å². The van der Waals surface area contributed by atoms with E-state index in [1.165, 1.54) is 12.0 Å². The number of methoxy groups -OCH3 is 3. The Kier molecular flexibility index (Phi) is 8.22. The summed E-state index contributed by atoms with van der Waals surface area (Å²) in [5, 5.41) is 13.3. The molecule has 8 heteroatoms. The summed E-state index contributed by atoms with van der Waals surface area (Å²) < 4.78 is 16.4. The van der Waals surface area contributed by atoms with Crippen LogP contribution in [0.15, 0.2) is 60.2 Å². The lowest BCUT2D eigenvalue weighted by molar-refractivity contribution is -0.140. The molecular weight excluding hydrogens is 484 g/mol. The van der Waals surface area contributed by atoms with Crippen molar-refractivity contribution in [2.45, 2.75) is 19.9 Å². The summed E-state index contributed by atoms with van der Waals surface area (Å²) in [6.45, 7) is 6.63. The van der Waals surface area contributed by atoms with Crippen LogP contribution < -0.4 is 14.2 Å². The molecule has 1 N–H and O–H groups in total. The molecule has 1 unspecified atom stereocenters. The van der Waals surface area contributed by atoms with Crippen molar-refractivity contribution in [2.24, 2.45) is 0 Å². The Hall–Kier alpha value is -4.04. The van der Waals surface area contributed by atoms with Crippen molar-refractivity contribution < 1.29 is 28.9 Å². The number of likely N-dealkylation sites (N-methyl/N-ethyl adjacent to an activating group) is 1. The van der Waals surface area contributed by atoms with Crippen LogP contribution in [0.3, 0.4) is 0 Å². The molecule has 1 aliphatic heterocycles. The van der Waals surface area contributed by atoms with Crippen LogP contribution in [0.25, 0.3) is 16.5 Å². The lowest BCUT2D eigenvalue weighted by atomic mass is 9.93. The monoisotopic (exact) mass is 518 g/mol. The normalized spacial score (nSPS) is 16.9. The highest BCUT2D eigenvalue weighted by Gasteiger charge is 2.47. The lowest BCUT2D eigenvalue weighted by Gasteiger charge is -2.29. The molecule has 38 heavy (non-hydrogen) atoms. The quantitative estimate of drug-likeness (QED) is 0.238. The van der Waals surface area contributed by atoms with Gasteiger partial charge >= 0.3 is 0 Å². The Morgan fingerprint density at radius 1 is 0.868 bits per heavy atom. The highest BCUT2D eigenvalue weighted by molar-refractivity contribution is 6.46. The molecule has 1 atom stereocenters. The van der Waals surface area contributed by atoms with Gasteiger partial charge in [-0.15, -0.1) is 0 Å². The zero-order valence-corrected chi connectivity index (χ0v) is 22.5. The average Bonchev–Trinajstić information content (AvgIpc) is 3.21. The van der Waals surface area contributed by atoms with E-state index in [1.54, 1.807) is 44.6 Å². The molecular formula is C30H34N2O6. The molecule has 0 aromatic heterocycles. The molecule has 0 spiro atoms. The molecule has 3 aromatic rings. The number of carbonyl (C=O) groups is 2. The van der Waals surface area contributed by atoms with Gasteiger partial charge in [-0.25, -0.2) is 0 Å². The molecule has 1 aliphatic rings. The van der Waals surface area contributed by atoms with Gasteiger partial charge in [-0.2, -0.15) is 0 Å². The average molecular weight is 519 g/mol. The SMILES string of the molecule is CCN(CC)CCN1C(=O)C(=O)/C(=C(/O)c2ccc3cc(OC)ccc3c2)C1c1cc(OC)ccc1OC. The minimum absolute atomic E-state index is 0.0222. The van der Waals surface area contributed by atoms with Crippen molar-refractivity contribution in [3.8, 4) is 17.2 Å². The summed E-state index contributed by atoms with van der Waals surface area (Å²) in [4.78, 5) is 30.6. The van der Waals surface area contributed by atoms with Gasteiger partial charge < -0.3 is 29.1 Å². The van der Waals surface area contributed by atoms with Crippen molar-refractivity contribution in [3.63, 3.8) is 0 Å². The van der Waals surface area contributed by atoms with Crippen LogP contribution in [0.4, 0.5) is 0 Å². The Balaban J connectivity index is 1.88. The van der Waals surface area contributed by atoms with Crippen molar-refractivity contribution in [2.75, 3.05) is 47.5 Å². The van der Waals surface area contributed by atoms with Gasteiger partial charge in [0.05, 0.1) is 32.9 Å². The fourth-order valence-electron chi connectivity index (χ4n) is 4.93. The zero-order valence-electron chi connectivity index (χ0n) is 22.5. The number of amides is 1. The first-order valence-electron chi connectivity index (χ1n) is 12.7. The van der Waals surface area contributed by atoms with Gasteiger partial charge in [-0.05, 0) is 60.3 Å². The van der Waals surface area contributed by atoms with Crippen LogP contribution in [0.2, 0.25) is 0 Å². The van der Waals surface area contributed by atoms with E-state index in [9.17, 15) is 14.7 Å². The van der Waals surface area contributed by atoms with Crippen molar-refractivity contribution in [3.05, 3.63) is 71.3 Å². The number of nitrogens with zero attached hydrogens (tertiary/aromatic N) is 2. The number of aliphatic hydroxyl groups excluding tert-OH is 1. The fraction of sp³-hybridized carbons (Fsp3) is 0.333. The summed E-state index contributed by atoms with van der Waals surface area (Å²) in [6.07, 6.45) is 0. The molecule has 0 saturated carbocycles. The van der Waals surface area contributed by atoms with E-state index >= 15 is 0 Å². The van der Waals surface area contributed by atoms with Gasteiger partial charge in [-0.1, -0.05) is 32.0 Å². The molecule has 1 amide bonds. The van der Waals surface area contributed by atoms with E-state index in [2.05, 4.69) is 18.7 Å². The predicted molar refractivity (Wildman–Crippen MR) is 147 cm³/mol. The van der Waals surface area contributed by atoms with Crippen molar-refractivity contribution in [1.29, 1.82) is 0 Å². The van der Waals surface area contributed by atoms with Crippen LogP contribution in [-0.2, 0) is 9.59 Å². The molecule has 0 bridgehead atoms. The number of aliphatic hydroxyl groups is 1. The first-order valence-corrected chi connectivity index (χ1v) is 12.7. The third-order valence-electron chi connectivity index (χ3n) is 7.14. The first-order chi connectivity index (χ1) is 18.4. The fourth-order valence-corrected chi connectivity index (χ4v) is 4.93. The number of hydrogen-bond acceptors (Lipinski definition) is 7. The van der Waals surface area contributed by atoms with Gasteiger partial charge in [0, 0.05) is 24.2 Å². The Morgan fingerprint density at radius 2 is 1.50 bits per heavy atom. The Bertz CT molecular complexity index is 1380. The largest absolute Gasteiger partial charge is 0.507 e. The second-order valence-corrected chi connectivity index (χ2v) is 9.06. The maximum Gasteiger partial charge on any atom is 0.295 e. The standard InChI is InChI=1S/C30H34N2O6/c1-6-31(7-2)14-15-32-27(24-18-23(37-4)12-13-25(24)38-5)26(29(34)30(32)35)28(33)21-9-8-20-17-22(36-3)11-10-19(20)16-21/h8-13,16-18,27,33H,6-7,14-15H2,1-5H3/b28-26+. The molecule has 0 aliphatic carbocycles. The van der Waals surface area contributed by atoms with Crippen LogP contribution in [-0.4, -0.2) is 74.1 Å². The van der Waals surface area contributed by atoms with Gasteiger partial charge in [0.15, 0.2) is 0 Å². The van der Waals surface area contributed by atoms with E-state index in [-0.39, 0.29) is 11.3 Å². The number of ketones is 1. The number of Topliss-reactive ketones (excluding diaryl/α,β-unsaturated/α-hetero) is 1. The maximum atomic E-state index is 13.5. The van der Waals surface area contributed by atoms with Gasteiger partial charge in [0.25, 0.3) is 11.7 Å². The second-order valence-electron chi connectivity index (χ2n) is 9.06. The topological polar surface area (TPSA) is 88.5 Å². The van der Waals surface area contributed by atoms with Crippen LogP contribution in [0.5, 0.6) is 17.2 Å². The van der Waals surface area contributed by atoms with E-state index in [1.807, 2.05) is 24.3 Å². The third-order valence-corrected chi connectivity index (χ3v) is 7.14. The number of likely N-dealkylation sites (tertiary alicyclic amines) is 1. The summed E-state index contributed by atoms with van der Waals surface area (Å²) in [7, 11) is 4.69. The van der Waals surface area contributed by atoms with Crippen LogP contribution in [0, 0.1) is 0 Å². The Labute approximate surface area is 223 Å². The molecule has 1 fully saturated rings. The molecule has 0 radical (unpaired) electrons. The highest BCUT2D eigenvalue weighted by Crippen LogP contribution is 2.44. The number of fused-ring (bicyclic) bond motifs is 1. The van der Waals surface area contributed by atoms with E-state index in [4.69, 9.17) is 14.2 Å². The summed E-state index contributed by atoms with van der Waals surface area (Å²) >= 11 is 0. The van der Waals surface area contributed by atoms with Crippen LogP contribution in [0.1, 0.15) is 31.0 Å². The predicted octanol–water partition coefficient (Wildman–Crippen LogP) is 4.63. The van der Waals surface area contributed by atoms with E-state index < -0.39 is 17.7 Å². The number of benzene rings is 3. The van der Waals surface area contributed by atoms with Gasteiger partial charge in [0.1, 0.15) is 23.0 Å². The number of hydrogen-bond donors (Lipinski definition) is 1. The molecule has 1 heterocycles. The summed E-state index contributed by atoms with van der Waals surface area (Å²) in [5.41, 5.74) is 1.03. The number of carbonyl (C=O) groups excluding carboxylic acids is 2. The molecule has 8 nitrogen and oxygen atoms in total. The number of rotatable bonds is 10. The Morgan fingerprint density at radius 3 is 2.16 bits per heavy atom. The number of ether oxygens (including phenoxy) is 3. The molecule has 200 valence electrons. The first kappa shape index (κ1) is 27.0. The van der Waals surface area contributed by atoms with Crippen LogP contribution >= 0.6 is 0 Å². The van der Waals surface area contributed by atoms with Gasteiger partial charge in [-0.3, -0.25) is 9.59 Å². The third kappa shape index (κ3) is 5.04. The van der Waals surface area contributed by atoms with Crippen molar-refractivity contribution in [1.82, 2.24) is 9.80 Å². The molecule has 3 aromatic carbocycles. The molecule has 1 saturated heterocycles. The summed E-state index contributed by atoms with van der Waals surface area (Å²) in [6, 6.07) is 15.4.